The molecular formula is C37H64O4Si3. The van der Waals surface area contributed by atoms with E-state index in [1.54, 1.807) is 0 Å². The lowest BCUT2D eigenvalue weighted by atomic mass is 9.98. The molecule has 2 aromatic carbocycles. The fourth-order valence-corrected chi connectivity index (χ4v) is 18.2. The summed E-state index contributed by atoms with van der Waals surface area (Å²) in [6.07, 6.45) is 5.34. The van der Waals surface area contributed by atoms with Gasteiger partial charge >= 0.3 is 8.56 Å². The summed E-state index contributed by atoms with van der Waals surface area (Å²) in [5, 5.41) is -0.528. The maximum atomic E-state index is 7.40. The highest BCUT2D eigenvalue weighted by Gasteiger charge is 2.78. The van der Waals surface area contributed by atoms with Crippen LogP contribution in [0.4, 0.5) is 0 Å². The highest BCUT2D eigenvalue weighted by atomic mass is 28.4. The van der Waals surface area contributed by atoms with Gasteiger partial charge in [0.05, 0.1) is 23.7 Å². The Morgan fingerprint density at radius 3 is 1.73 bits per heavy atom. The molecule has 0 bridgehead atoms. The second kappa shape index (κ2) is 14.8. The number of benzene rings is 2. The largest absolute Gasteiger partial charge is 0.410 e. The van der Waals surface area contributed by atoms with Gasteiger partial charge in [-0.25, -0.2) is 0 Å². The zero-order valence-corrected chi connectivity index (χ0v) is 33.4. The molecule has 1 saturated heterocycles. The summed E-state index contributed by atoms with van der Waals surface area (Å²) in [5.74, 6) is 1.38. The van der Waals surface area contributed by atoms with Gasteiger partial charge in [0.2, 0.25) is 16.6 Å². The Hall–Kier alpha value is -1.07. The summed E-state index contributed by atoms with van der Waals surface area (Å²) in [6, 6.07) is 17.9. The second-order valence-electron chi connectivity index (χ2n) is 15.3. The third-order valence-electron chi connectivity index (χ3n) is 10.8. The molecule has 7 heteroatoms. The van der Waals surface area contributed by atoms with Gasteiger partial charge in [-0.3, -0.25) is 0 Å². The van der Waals surface area contributed by atoms with Crippen molar-refractivity contribution in [2.45, 2.75) is 149 Å². The maximum absolute atomic E-state index is 7.40. The molecule has 5 atom stereocenters. The average molecular weight is 657 g/mol. The first-order valence-electron chi connectivity index (χ1n) is 17.3. The van der Waals surface area contributed by atoms with E-state index in [0.29, 0.717) is 30.6 Å². The molecule has 1 fully saturated rings. The van der Waals surface area contributed by atoms with Crippen LogP contribution in [0.3, 0.4) is 0 Å². The van der Waals surface area contributed by atoms with E-state index in [0.717, 1.165) is 25.7 Å². The molecule has 0 aromatic heterocycles. The Labute approximate surface area is 274 Å². The molecule has 44 heavy (non-hydrogen) atoms. The van der Waals surface area contributed by atoms with Crippen LogP contribution < -0.4 is 0 Å². The normalized spacial score (nSPS) is 24.4. The highest BCUT2D eigenvalue weighted by Crippen LogP contribution is 2.64. The van der Waals surface area contributed by atoms with Crippen molar-refractivity contribution in [1.82, 2.24) is 0 Å². The van der Waals surface area contributed by atoms with Gasteiger partial charge in [0, 0.05) is 5.54 Å². The molecule has 1 heterocycles. The van der Waals surface area contributed by atoms with Crippen molar-refractivity contribution < 1.29 is 17.7 Å². The molecule has 0 N–H and O–H groups in total. The fraction of sp³-hybridized carbons (Fsp3) is 0.676. The van der Waals surface area contributed by atoms with Gasteiger partial charge < -0.3 is 17.7 Å². The van der Waals surface area contributed by atoms with Crippen molar-refractivity contribution >= 4 is 25.2 Å². The monoisotopic (exact) mass is 656 g/mol. The average Bonchev–Trinajstić information content (AvgIpc) is 3.41. The van der Waals surface area contributed by atoms with Gasteiger partial charge in [0.15, 0.2) is 0 Å². The molecule has 0 spiro atoms. The van der Waals surface area contributed by atoms with E-state index < -0.39 is 25.2 Å². The van der Waals surface area contributed by atoms with E-state index >= 15 is 0 Å². The third kappa shape index (κ3) is 8.64. The van der Waals surface area contributed by atoms with Gasteiger partial charge in [0.1, 0.15) is 0 Å². The van der Waals surface area contributed by atoms with E-state index in [2.05, 4.69) is 137 Å². The summed E-state index contributed by atoms with van der Waals surface area (Å²) in [7, 11) is -6.93. The molecule has 3 rings (SSSR count). The van der Waals surface area contributed by atoms with E-state index in [-0.39, 0.29) is 10.4 Å². The maximum Gasteiger partial charge on any atom is 0.332 e. The summed E-state index contributed by atoms with van der Waals surface area (Å²) in [5.41, 5.74) is 5.65. The molecule has 2 aromatic rings. The first-order chi connectivity index (χ1) is 20.5. The minimum absolute atomic E-state index is 0.226. The predicted molar refractivity (Wildman–Crippen MR) is 194 cm³/mol. The molecule has 0 radical (unpaired) electrons. The minimum atomic E-state index is -2.42. The molecule has 0 amide bonds. The highest BCUT2D eigenvalue weighted by molar-refractivity contribution is 6.90. The molecular weight excluding hydrogens is 593 g/mol. The van der Waals surface area contributed by atoms with Crippen molar-refractivity contribution in [3.05, 3.63) is 70.8 Å². The van der Waals surface area contributed by atoms with Crippen LogP contribution in [0.25, 0.3) is 0 Å². The van der Waals surface area contributed by atoms with Crippen molar-refractivity contribution in [3.8, 4) is 0 Å². The molecule has 4 nitrogen and oxygen atoms in total. The van der Waals surface area contributed by atoms with Gasteiger partial charge in [-0.2, -0.15) is 0 Å². The van der Waals surface area contributed by atoms with E-state index in [1.165, 1.54) is 28.7 Å². The van der Waals surface area contributed by atoms with Crippen LogP contribution in [0.15, 0.2) is 48.5 Å². The Morgan fingerprint density at radius 1 is 0.795 bits per heavy atom. The molecule has 1 aliphatic heterocycles. The lowest BCUT2D eigenvalue weighted by molar-refractivity contribution is 0.0812. The summed E-state index contributed by atoms with van der Waals surface area (Å²) in [4.78, 5) is 0. The van der Waals surface area contributed by atoms with Gasteiger partial charge in [-0.1, -0.05) is 103 Å². The summed E-state index contributed by atoms with van der Waals surface area (Å²) >= 11 is 0. The van der Waals surface area contributed by atoms with Crippen LogP contribution in [-0.4, -0.2) is 35.6 Å². The summed E-state index contributed by atoms with van der Waals surface area (Å²) in [6.45, 7) is 31.0. The number of hydrogen-bond acceptors (Lipinski definition) is 4. The van der Waals surface area contributed by atoms with E-state index in [9.17, 15) is 0 Å². The molecule has 1 aliphatic rings. The van der Waals surface area contributed by atoms with E-state index in [1.807, 2.05) is 0 Å². The fourth-order valence-electron chi connectivity index (χ4n) is 6.74. The Bertz CT molecular complexity index is 1180. The van der Waals surface area contributed by atoms with Crippen LogP contribution in [0.1, 0.15) is 96.9 Å². The SMILES string of the molecule is CCC(C)Cc1ccc(CO[Si](C)(C)C(C)(CC)O[Si]2(C)C(C)C2(CC)O[Si](C)(C)OCc2ccc(CC(C)C)cc2)cc1. The third-order valence-corrected chi connectivity index (χ3v) is 22.0. The molecule has 0 saturated carbocycles. The van der Waals surface area contributed by atoms with Gasteiger partial charge in [0.25, 0.3) is 0 Å². The summed E-state index contributed by atoms with van der Waals surface area (Å²) < 4.78 is 27.9. The molecule has 248 valence electrons. The van der Waals surface area contributed by atoms with Crippen LogP contribution in [0, 0.1) is 11.8 Å². The first kappa shape index (κ1) is 37.4. The zero-order valence-electron chi connectivity index (χ0n) is 30.4. The van der Waals surface area contributed by atoms with Crippen molar-refractivity contribution in [2.24, 2.45) is 11.8 Å². The van der Waals surface area contributed by atoms with Crippen LogP contribution in [-0.2, 0) is 43.8 Å². The lowest BCUT2D eigenvalue weighted by Crippen LogP contribution is -2.60. The van der Waals surface area contributed by atoms with Crippen LogP contribution >= 0.6 is 0 Å². The predicted octanol–water partition coefficient (Wildman–Crippen LogP) is 10.5. The lowest BCUT2D eigenvalue weighted by Gasteiger charge is -2.44. The number of rotatable bonds is 18. The number of hydrogen-bond donors (Lipinski definition) is 0. The van der Waals surface area contributed by atoms with Crippen LogP contribution in [0.2, 0.25) is 38.3 Å². The quantitative estimate of drug-likeness (QED) is 0.150. The topological polar surface area (TPSA) is 36.9 Å². The van der Waals surface area contributed by atoms with Crippen LogP contribution in [0.5, 0.6) is 0 Å². The van der Waals surface area contributed by atoms with Crippen molar-refractivity contribution in [2.75, 3.05) is 0 Å². The minimum Gasteiger partial charge on any atom is -0.410 e. The van der Waals surface area contributed by atoms with Gasteiger partial charge in [-0.05, 0) is 99.4 Å². The second-order valence-corrected chi connectivity index (χ2v) is 27.1. The Kier molecular flexibility index (Phi) is 12.6. The van der Waals surface area contributed by atoms with Crippen molar-refractivity contribution in [1.29, 1.82) is 0 Å². The first-order valence-corrected chi connectivity index (χ1v) is 25.5. The van der Waals surface area contributed by atoms with E-state index in [4.69, 9.17) is 17.7 Å². The zero-order chi connectivity index (χ0) is 33.0. The Morgan fingerprint density at radius 2 is 1.27 bits per heavy atom. The Balaban J connectivity index is 1.66. The standard InChI is InChI=1S/C37H64O4Si3/c1-14-30(6)26-33-19-23-34(24-20-33)27-38-42(9,10)36(8,15-2)40-44(13)31(7)37(44,16-3)41-43(11,12)39-28-35-21-17-32(18-22-35)25-29(4)5/h17-24,29-31H,14-16,25-28H2,1-13H3. The molecule has 0 aliphatic carbocycles. The van der Waals surface area contributed by atoms with Crippen molar-refractivity contribution in [3.63, 3.8) is 0 Å². The smallest absolute Gasteiger partial charge is 0.332 e. The molecule has 5 unspecified atom stereocenters. The van der Waals surface area contributed by atoms with Gasteiger partial charge in [-0.15, -0.1) is 0 Å².